The highest BCUT2D eigenvalue weighted by Gasteiger charge is 2.20. The summed E-state index contributed by atoms with van der Waals surface area (Å²) in [5, 5.41) is 0. The average Bonchev–Trinajstić information content (AvgIpc) is 2.52. The van der Waals surface area contributed by atoms with Crippen LogP contribution in [0.25, 0.3) is 0 Å². The summed E-state index contributed by atoms with van der Waals surface area (Å²) in [6.07, 6.45) is 2.84. The second kappa shape index (κ2) is 9.23. The molecule has 0 fully saturated rings. The molecule has 1 aromatic carbocycles. The molecule has 0 N–H and O–H groups in total. The van der Waals surface area contributed by atoms with Crippen LogP contribution in [0.15, 0.2) is 24.3 Å². The Morgan fingerprint density at radius 1 is 1.00 bits per heavy atom. The molecule has 0 aliphatic heterocycles. The van der Waals surface area contributed by atoms with Gasteiger partial charge in [0.2, 0.25) is 0 Å². The normalized spacial score (nSPS) is 13.3. The van der Waals surface area contributed by atoms with E-state index in [9.17, 15) is 9.59 Å². The lowest BCUT2D eigenvalue weighted by Gasteiger charge is -2.22. The van der Waals surface area contributed by atoms with Crippen molar-refractivity contribution in [1.82, 2.24) is 0 Å². The third kappa shape index (κ3) is 5.17. The van der Waals surface area contributed by atoms with E-state index in [1.165, 1.54) is 0 Å². The number of esters is 2. The predicted molar refractivity (Wildman–Crippen MR) is 86.0 cm³/mol. The number of ether oxygens (including phenoxy) is 2. The van der Waals surface area contributed by atoms with Gasteiger partial charge in [0.05, 0.1) is 17.7 Å². The molecule has 0 radical (unpaired) electrons. The van der Waals surface area contributed by atoms with Crippen molar-refractivity contribution in [2.75, 3.05) is 6.61 Å². The van der Waals surface area contributed by atoms with Crippen LogP contribution in [0.5, 0.6) is 0 Å². The van der Waals surface area contributed by atoms with Gasteiger partial charge in [-0.3, -0.25) is 0 Å². The molecule has 0 aromatic heterocycles. The van der Waals surface area contributed by atoms with Crippen LogP contribution in [-0.4, -0.2) is 24.6 Å². The van der Waals surface area contributed by atoms with Crippen LogP contribution in [0.4, 0.5) is 0 Å². The molecule has 22 heavy (non-hydrogen) atoms. The minimum absolute atomic E-state index is 0.0721. The van der Waals surface area contributed by atoms with E-state index in [1.807, 2.05) is 6.92 Å². The monoisotopic (exact) mass is 306 g/mol. The van der Waals surface area contributed by atoms with Crippen LogP contribution in [0.2, 0.25) is 0 Å². The first-order chi connectivity index (χ1) is 10.5. The van der Waals surface area contributed by atoms with Crippen LogP contribution in [0, 0.1) is 5.92 Å². The number of hydrogen-bond donors (Lipinski definition) is 0. The van der Waals surface area contributed by atoms with E-state index in [1.54, 1.807) is 31.2 Å². The van der Waals surface area contributed by atoms with Crippen LogP contribution >= 0.6 is 0 Å². The van der Waals surface area contributed by atoms with E-state index < -0.39 is 0 Å². The largest absolute Gasteiger partial charge is 0.462 e. The van der Waals surface area contributed by atoms with Crippen molar-refractivity contribution in [3.05, 3.63) is 35.4 Å². The van der Waals surface area contributed by atoms with Gasteiger partial charge >= 0.3 is 11.9 Å². The molecule has 0 spiro atoms. The summed E-state index contributed by atoms with van der Waals surface area (Å²) in [5.41, 5.74) is 0.889. The van der Waals surface area contributed by atoms with Gasteiger partial charge in [-0.2, -0.15) is 0 Å². The molecule has 1 rings (SSSR count). The average molecular weight is 306 g/mol. The van der Waals surface area contributed by atoms with Crippen LogP contribution < -0.4 is 0 Å². The molecule has 0 heterocycles. The van der Waals surface area contributed by atoms with Crippen molar-refractivity contribution >= 4 is 11.9 Å². The highest BCUT2D eigenvalue weighted by atomic mass is 16.5. The zero-order chi connectivity index (χ0) is 16.5. The van der Waals surface area contributed by atoms with Crippen LogP contribution in [0.3, 0.4) is 0 Å². The Morgan fingerprint density at radius 3 is 2.00 bits per heavy atom. The van der Waals surface area contributed by atoms with Gasteiger partial charge in [0.1, 0.15) is 6.10 Å². The summed E-state index contributed by atoms with van der Waals surface area (Å²) in [7, 11) is 0. The van der Waals surface area contributed by atoms with Crippen LogP contribution in [0.1, 0.15) is 67.7 Å². The molecule has 0 amide bonds. The number of hydrogen-bond acceptors (Lipinski definition) is 4. The zero-order valence-electron chi connectivity index (χ0n) is 13.9. The Kier molecular flexibility index (Phi) is 7.64. The fourth-order valence-corrected chi connectivity index (χ4v) is 2.41. The van der Waals surface area contributed by atoms with Crippen molar-refractivity contribution in [3.8, 4) is 0 Å². The Morgan fingerprint density at radius 2 is 1.55 bits per heavy atom. The van der Waals surface area contributed by atoms with Gasteiger partial charge in [-0.1, -0.05) is 27.2 Å². The summed E-state index contributed by atoms with van der Waals surface area (Å²) in [6.45, 7) is 8.34. The number of carbonyl (C=O) groups is 2. The third-order valence-electron chi connectivity index (χ3n) is 3.67. The Bertz CT molecular complexity index is 478. The van der Waals surface area contributed by atoms with Crippen LogP contribution in [-0.2, 0) is 9.47 Å². The SMILES string of the molecule is CCCC(C)C(CC)OC(=O)c1ccc(C(=O)OCC)cc1. The summed E-state index contributed by atoms with van der Waals surface area (Å²) in [5.74, 6) is -0.381. The molecular weight excluding hydrogens is 280 g/mol. The molecule has 0 bridgehead atoms. The van der Waals surface area contributed by atoms with Crippen molar-refractivity contribution in [2.24, 2.45) is 5.92 Å². The summed E-state index contributed by atoms with van der Waals surface area (Å²) < 4.78 is 10.5. The van der Waals surface area contributed by atoms with E-state index >= 15 is 0 Å². The predicted octanol–water partition coefficient (Wildman–Crippen LogP) is 4.23. The minimum Gasteiger partial charge on any atom is -0.462 e. The number of rotatable bonds is 8. The lowest BCUT2D eigenvalue weighted by atomic mass is 9.97. The standard InChI is InChI=1S/C18H26O4/c1-5-8-13(4)16(6-2)22-18(20)15-11-9-14(10-12-15)17(19)21-7-3/h9-13,16H,5-8H2,1-4H3. The van der Waals surface area contributed by atoms with Crippen molar-refractivity contribution in [1.29, 1.82) is 0 Å². The summed E-state index contributed by atoms with van der Waals surface area (Å²) in [6, 6.07) is 6.38. The van der Waals surface area contributed by atoms with Gasteiger partial charge in [0, 0.05) is 0 Å². The van der Waals surface area contributed by atoms with Crippen molar-refractivity contribution in [2.45, 2.75) is 53.1 Å². The van der Waals surface area contributed by atoms with Gasteiger partial charge in [0.25, 0.3) is 0 Å². The van der Waals surface area contributed by atoms with Gasteiger partial charge in [0.15, 0.2) is 0 Å². The maximum absolute atomic E-state index is 12.2. The van der Waals surface area contributed by atoms with Gasteiger partial charge < -0.3 is 9.47 Å². The van der Waals surface area contributed by atoms with E-state index in [4.69, 9.17) is 9.47 Å². The summed E-state index contributed by atoms with van der Waals surface area (Å²) >= 11 is 0. The molecule has 2 unspecified atom stereocenters. The molecule has 1 aromatic rings. The van der Waals surface area contributed by atoms with Gasteiger partial charge in [-0.25, -0.2) is 9.59 Å². The van der Waals surface area contributed by atoms with Crippen molar-refractivity contribution < 1.29 is 19.1 Å². The molecule has 0 saturated carbocycles. The first-order valence-corrected chi connectivity index (χ1v) is 8.01. The van der Waals surface area contributed by atoms with Gasteiger partial charge in [-0.05, 0) is 49.9 Å². The quantitative estimate of drug-likeness (QED) is 0.674. The first kappa shape index (κ1) is 18.2. The van der Waals surface area contributed by atoms with Crippen molar-refractivity contribution in [3.63, 3.8) is 0 Å². The lowest BCUT2D eigenvalue weighted by molar-refractivity contribution is 0.0137. The number of benzene rings is 1. The smallest absolute Gasteiger partial charge is 0.338 e. The fourth-order valence-electron chi connectivity index (χ4n) is 2.41. The minimum atomic E-state index is -0.384. The molecule has 4 heteroatoms. The fraction of sp³-hybridized carbons (Fsp3) is 0.556. The highest BCUT2D eigenvalue weighted by molar-refractivity contribution is 5.93. The molecule has 4 nitrogen and oxygen atoms in total. The molecule has 0 aliphatic rings. The maximum atomic E-state index is 12.2. The van der Waals surface area contributed by atoms with E-state index in [-0.39, 0.29) is 18.0 Å². The Hall–Kier alpha value is -1.84. The molecular formula is C18H26O4. The third-order valence-corrected chi connectivity index (χ3v) is 3.67. The summed E-state index contributed by atoms with van der Waals surface area (Å²) in [4.78, 5) is 23.8. The zero-order valence-corrected chi connectivity index (χ0v) is 13.9. The lowest BCUT2D eigenvalue weighted by Crippen LogP contribution is -2.24. The van der Waals surface area contributed by atoms with E-state index in [0.717, 1.165) is 19.3 Å². The second-order valence-corrected chi connectivity index (χ2v) is 5.42. The Labute approximate surface area is 132 Å². The topological polar surface area (TPSA) is 52.6 Å². The highest BCUT2D eigenvalue weighted by Crippen LogP contribution is 2.19. The molecule has 0 aliphatic carbocycles. The maximum Gasteiger partial charge on any atom is 0.338 e. The molecule has 2 atom stereocenters. The first-order valence-electron chi connectivity index (χ1n) is 8.01. The van der Waals surface area contributed by atoms with Gasteiger partial charge in [-0.15, -0.1) is 0 Å². The Balaban J connectivity index is 2.70. The number of carbonyl (C=O) groups excluding carboxylic acids is 2. The molecule has 0 saturated heterocycles. The molecule has 122 valence electrons. The second-order valence-electron chi connectivity index (χ2n) is 5.42. The van der Waals surface area contributed by atoms with E-state index in [2.05, 4.69) is 13.8 Å². The van der Waals surface area contributed by atoms with E-state index in [0.29, 0.717) is 23.7 Å².